The number of rotatable bonds is 6. The summed E-state index contributed by atoms with van der Waals surface area (Å²) >= 11 is 0. The number of hydrogen-bond acceptors (Lipinski definition) is 6. The molecule has 2 aromatic carbocycles. The Labute approximate surface area is 213 Å². The minimum atomic E-state index is -0.583. The molecule has 0 radical (unpaired) electrons. The highest BCUT2D eigenvalue weighted by molar-refractivity contribution is 5.97. The van der Waals surface area contributed by atoms with Crippen LogP contribution in [-0.4, -0.2) is 65.0 Å². The zero-order chi connectivity index (χ0) is 26.4. The molecule has 2 aliphatic rings. The van der Waals surface area contributed by atoms with E-state index in [0.29, 0.717) is 28.8 Å². The van der Waals surface area contributed by atoms with Crippen LogP contribution in [0.3, 0.4) is 0 Å². The lowest BCUT2D eigenvalue weighted by Crippen LogP contribution is -2.52. The van der Waals surface area contributed by atoms with Crippen LogP contribution in [0.2, 0.25) is 1.41 Å². The number of aromatic hydroxyl groups is 1. The minimum Gasteiger partial charge on any atom is -0.504 e. The van der Waals surface area contributed by atoms with Crippen LogP contribution in [0.15, 0.2) is 42.7 Å². The van der Waals surface area contributed by atoms with E-state index in [-0.39, 0.29) is 17.4 Å². The van der Waals surface area contributed by atoms with Crippen LogP contribution in [0, 0.1) is 6.92 Å². The maximum Gasteiger partial charge on any atom is 0.252 e. The molecule has 0 saturated carbocycles. The number of carbonyl (C=O) groups excluding carboxylic acids is 1. The maximum atomic E-state index is 13.6. The van der Waals surface area contributed by atoms with Gasteiger partial charge in [0.15, 0.2) is 12.9 Å². The van der Waals surface area contributed by atoms with Gasteiger partial charge in [0.2, 0.25) is 0 Å². The molecule has 2 aliphatic heterocycles. The first-order chi connectivity index (χ1) is 17.7. The van der Waals surface area contributed by atoms with Crippen LogP contribution in [0.4, 0.5) is 5.69 Å². The normalized spacial score (nSPS) is 20.8. The van der Waals surface area contributed by atoms with Gasteiger partial charge in [-0.25, -0.2) is 0 Å². The molecular weight excluding hydrogens is 454 g/mol. The Balaban J connectivity index is 1.42. The van der Waals surface area contributed by atoms with Crippen molar-refractivity contribution < 1.29 is 16.0 Å². The number of aryl methyl sites for hydroxylation is 2. The van der Waals surface area contributed by atoms with E-state index in [0.717, 1.165) is 35.2 Å². The number of aromatic nitrogens is 2. The van der Waals surface area contributed by atoms with Gasteiger partial charge in [-0.05, 0) is 69.1 Å². The van der Waals surface area contributed by atoms with Gasteiger partial charge in [-0.3, -0.25) is 14.4 Å². The molecule has 3 aromatic rings. The number of amides is 1. The van der Waals surface area contributed by atoms with Crippen LogP contribution in [0.5, 0.6) is 11.5 Å². The van der Waals surface area contributed by atoms with Crippen LogP contribution in [0.1, 0.15) is 47.3 Å². The van der Waals surface area contributed by atoms with E-state index in [1.54, 1.807) is 43.2 Å². The summed E-state index contributed by atoms with van der Waals surface area (Å²) in [6.07, 6.45) is 5.88. The fraction of sp³-hybridized carbons (Fsp3) is 0.429. The first-order valence-electron chi connectivity index (χ1n) is 12.9. The molecule has 5 rings (SSSR count). The average Bonchev–Trinajstić information content (AvgIpc) is 3.39. The summed E-state index contributed by atoms with van der Waals surface area (Å²) in [6, 6.07) is 9.98. The third-order valence-electron chi connectivity index (χ3n) is 7.79. The van der Waals surface area contributed by atoms with E-state index >= 15 is 0 Å². The first-order valence-corrected chi connectivity index (χ1v) is 12.5. The molecule has 0 spiro atoms. The molecule has 1 aromatic heterocycles. The highest BCUT2D eigenvalue weighted by Crippen LogP contribution is 2.39. The third-order valence-corrected chi connectivity index (χ3v) is 7.79. The number of ether oxygens (including phenoxy) is 1. The summed E-state index contributed by atoms with van der Waals surface area (Å²) in [6.45, 7) is 5.62. The Kier molecular flexibility index (Phi) is 6.05. The zero-order valence-corrected chi connectivity index (χ0v) is 21.6. The van der Waals surface area contributed by atoms with Crippen molar-refractivity contribution in [1.29, 1.82) is 0 Å². The van der Waals surface area contributed by atoms with Crippen molar-refractivity contribution in [3.05, 3.63) is 59.4 Å². The molecule has 8 nitrogen and oxygen atoms in total. The Bertz CT molecular complexity index is 1310. The number of hydrogen-bond donors (Lipinski definition) is 2. The summed E-state index contributed by atoms with van der Waals surface area (Å²) in [5, 5.41) is 15.9. The molecule has 2 N–H and O–H groups in total. The Morgan fingerprint density at radius 3 is 2.58 bits per heavy atom. The van der Waals surface area contributed by atoms with Gasteiger partial charge in [0, 0.05) is 60.8 Å². The van der Waals surface area contributed by atoms with Gasteiger partial charge < -0.3 is 20.1 Å². The summed E-state index contributed by atoms with van der Waals surface area (Å²) in [5.41, 5.74) is 4.35. The highest BCUT2D eigenvalue weighted by atomic mass is 16.5. The topological polar surface area (TPSA) is 82.9 Å². The van der Waals surface area contributed by atoms with Gasteiger partial charge in [-0.1, -0.05) is 6.07 Å². The molecule has 36 heavy (non-hydrogen) atoms. The Morgan fingerprint density at radius 2 is 1.94 bits per heavy atom. The van der Waals surface area contributed by atoms with E-state index in [4.69, 9.17) is 6.15 Å². The molecule has 1 amide bonds. The average molecular weight is 491 g/mol. The fourth-order valence-electron chi connectivity index (χ4n) is 5.49. The number of likely N-dealkylation sites (N-methyl/N-ethyl adjacent to an activating group) is 1. The summed E-state index contributed by atoms with van der Waals surface area (Å²) in [5.74, 6) is -0.0789. The van der Waals surface area contributed by atoms with Gasteiger partial charge in [0.1, 0.15) is 0 Å². The third kappa shape index (κ3) is 4.41. The second kappa shape index (κ2) is 9.50. The molecule has 2 fully saturated rings. The van der Waals surface area contributed by atoms with Crippen LogP contribution < -0.4 is 14.9 Å². The number of carbonyl (C=O) groups is 1. The number of piperazine rings is 1. The fourth-order valence-corrected chi connectivity index (χ4v) is 5.49. The molecule has 2 saturated heterocycles. The number of methoxy groups -OCH3 is 1. The molecule has 3 atom stereocenters. The van der Waals surface area contributed by atoms with Gasteiger partial charge in [0.25, 0.3) is 5.91 Å². The number of nitrogens with zero attached hydrogens (tertiary/aromatic N) is 4. The first kappa shape index (κ1) is 22.9. The molecular formula is C28H35N5O3. The predicted molar refractivity (Wildman–Crippen MR) is 141 cm³/mol. The zero-order valence-electron chi connectivity index (χ0n) is 22.6. The minimum absolute atomic E-state index is 0.000930. The van der Waals surface area contributed by atoms with Crippen molar-refractivity contribution in [2.75, 3.05) is 32.1 Å². The predicted octanol–water partition coefficient (Wildman–Crippen LogP) is 3.88. The summed E-state index contributed by atoms with van der Waals surface area (Å²) < 4.78 is 15.8. The number of anilines is 1. The molecule has 0 unspecified atom stereocenters. The van der Waals surface area contributed by atoms with Crippen molar-refractivity contribution in [3.8, 4) is 22.6 Å². The monoisotopic (exact) mass is 490 g/mol. The lowest BCUT2D eigenvalue weighted by atomic mass is 9.99. The van der Waals surface area contributed by atoms with Gasteiger partial charge in [-0.2, -0.15) is 5.10 Å². The van der Waals surface area contributed by atoms with Gasteiger partial charge in [0.05, 0.1) is 19.3 Å². The van der Waals surface area contributed by atoms with Crippen molar-refractivity contribution in [1.82, 2.24) is 20.0 Å². The summed E-state index contributed by atoms with van der Waals surface area (Å²) in [7, 11) is 5.50. The smallest absolute Gasteiger partial charge is 0.252 e. The lowest BCUT2D eigenvalue weighted by Gasteiger charge is -2.40. The van der Waals surface area contributed by atoms with Crippen LogP contribution in [0.25, 0.3) is 11.1 Å². The van der Waals surface area contributed by atoms with Gasteiger partial charge >= 0.3 is 0 Å². The maximum absolute atomic E-state index is 13.6. The SMILES string of the molecule is [2H]N(C(=O)c1cc(N2C[C@H]3CC[C@@H](C2)N3C)ccc1C)[C@H](C)c1cc(OC)c(O)c(-c2cnn(C)c2)c1. The van der Waals surface area contributed by atoms with Crippen LogP contribution >= 0.6 is 0 Å². The summed E-state index contributed by atoms with van der Waals surface area (Å²) in [4.78, 5) is 18.5. The van der Waals surface area contributed by atoms with E-state index in [1.807, 2.05) is 19.1 Å². The molecule has 2 bridgehead atoms. The molecule has 0 aliphatic carbocycles. The van der Waals surface area contributed by atoms with E-state index in [9.17, 15) is 9.90 Å². The number of fused-ring (bicyclic) bond motifs is 2. The van der Waals surface area contributed by atoms with Gasteiger partial charge in [-0.15, -0.1) is 0 Å². The number of nitrogens with one attached hydrogen (secondary N) is 1. The van der Waals surface area contributed by atoms with Crippen LogP contribution in [-0.2, 0) is 7.05 Å². The Hall–Kier alpha value is -3.52. The van der Waals surface area contributed by atoms with Crippen molar-refractivity contribution in [2.45, 2.75) is 44.8 Å². The van der Waals surface area contributed by atoms with E-state index < -0.39 is 6.04 Å². The second-order valence-electron chi connectivity index (χ2n) is 10.1. The van der Waals surface area contributed by atoms with Crippen molar-refractivity contribution >= 4 is 11.6 Å². The molecule has 190 valence electrons. The molecule has 3 heterocycles. The highest BCUT2D eigenvalue weighted by Gasteiger charge is 2.37. The number of phenolic OH excluding ortho intramolecular Hbond substituents is 1. The Morgan fingerprint density at radius 1 is 1.22 bits per heavy atom. The standard InChI is InChI=1S/C28H35N5O3/c1-17-6-7-21(33-15-22-8-9-23(16-33)32(22)4)12-24(17)28(35)30-18(2)19-10-25(20-13-29-31(3)14-20)27(34)26(11-19)36-5/h6-7,10-14,18,22-23,34H,8-9,15-16H2,1-5H3,(H,30,35)/t18-,22-,23+/m1/s1/i/hD. The van der Waals surface area contributed by atoms with E-state index in [1.165, 1.54) is 20.0 Å². The number of benzene rings is 2. The number of phenols is 1. The van der Waals surface area contributed by atoms with Crippen molar-refractivity contribution in [2.24, 2.45) is 7.05 Å². The van der Waals surface area contributed by atoms with Crippen molar-refractivity contribution in [3.63, 3.8) is 0 Å². The quantitative estimate of drug-likeness (QED) is 0.546. The lowest BCUT2D eigenvalue weighted by molar-refractivity contribution is 0.0939. The largest absolute Gasteiger partial charge is 0.504 e. The van der Waals surface area contributed by atoms with E-state index in [2.05, 4.69) is 28.0 Å². The molecule has 8 heteroatoms. The second-order valence-corrected chi connectivity index (χ2v) is 10.1.